The van der Waals surface area contributed by atoms with Gasteiger partial charge in [-0.05, 0) is 65.6 Å². The lowest BCUT2D eigenvalue weighted by atomic mass is 10.0. The van der Waals surface area contributed by atoms with E-state index in [0.717, 1.165) is 28.3 Å². The molecule has 0 bridgehead atoms. The second-order valence-electron chi connectivity index (χ2n) is 6.70. The van der Waals surface area contributed by atoms with Crippen molar-refractivity contribution in [3.05, 3.63) is 78.6 Å². The molecule has 4 aromatic rings. The van der Waals surface area contributed by atoms with Gasteiger partial charge in [-0.15, -0.1) is 0 Å². The third-order valence-corrected chi connectivity index (χ3v) is 4.58. The highest BCUT2D eigenvalue weighted by molar-refractivity contribution is 5.78. The average Bonchev–Trinajstić information content (AvgIpc) is 3.08. The number of hydrogen-bond donors (Lipinski definition) is 2. The zero-order valence-corrected chi connectivity index (χ0v) is 14.8. The predicted molar refractivity (Wildman–Crippen MR) is 106 cm³/mol. The van der Waals surface area contributed by atoms with E-state index in [1.807, 2.05) is 18.3 Å². The highest BCUT2D eigenvalue weighted by atomic mass is 16.3. The average molecular weight is 343 g/mol. The molecule has 2 aromatic heterocycles. The van der Waals surface area contributed by atoms with E-state index >= 15 is 0 Å². The van der Waals surface area contributed by atoms with E-state index in [1.165, 1.54) is 5.56 Å². The monoisotopic (exact) mass is 343 g/mol. The van der Waals surface area contributed by atoms with E-state index in [0.29, 0.717) is 5.92 Å². The lowest BCUT2D eigenvalue weighted by Crippen LogP contribution is -1.98. The Labute approximate surface area is 152 Å². The maximum Gasteiger partial charge on any atom is 0.154 e. The molecule has 26 heavy (non-hydrogen) atoms. The molecule has 2 aromatic carbocycles. The number of aromatic hydroxyl groups is 1. The number of fused-ring (bicyclic) bond motifs is 1. The van der Waals surface area contributed by atoms with Crippen molar-refractivity contribution in [1.82, 2.24) is 9.38 Å². The van der Waals surface area contributed by atoms with Gasteiger partial charge in [-0.1, -0.05) is 26.0 Å². The Kier molecular flexibility index (Phi) is 4.09. The molecule has 0 aliphatic rings. The Morgan fingerprint density at radius 2 is 1.65 bits per heavy atom. The molecule has 0 radical (unpaired) electrons. The van der Waals surface area contributed by atoms with Crippen LogP contribution in [-0.2, 0) is 0 Å². The van der Waals surface area contributed by atoms with Crippen molar-refractivity contribution >= 4 is 17.0 Å². The third kappa shape index (κ3) is 3.02. The summed E-state index contributed by atoms with van der Waals surface area (Å²) in [5, 5.41) is 12.9. The van der Waals surface area contributed by atoms with Gasteiger partial charge in [0, 0.05) is 18.1 Å². The van der Waals surface area contributed by atoms with Crippen LogP contribution in [-0.4, -0.2) is 14.5 Å². The molecule has 130 valence electrons. The molecule has 2 N–H and O–H groups in total. The highest BCUT2D eigenvalue weighted by Crippen LogP contribution is 2.28. The fraction of sp³-hybridized carbons (Fsp3) is 0.136. The van der Waals surface area contributed by atoms with E-state index < -0.39 is 0 Å². The number of phenolic OH excluding ortho intramolecular Hbond substituents is 1. The van der Waals surface area contributed by atoms with Crippen molar-refractivity contribution in [2.24, 2.45) is 0 Å². The van der Waals surface area contributed by atoms with Gasteiger partial charge in [-0.3, -0.25) is 0 Å². The number of hydrogen-bond acceptors (Lipinski definition) is 3. The largest absolute Gasteiger partial charge is 0.508 e. The molecule has 0 aliphatic heterocycles. The summed E-state index contributed by atoms with van der Waals surface area (Å²) in [7, 11) is 0. The van der Waals surface area contributed by atoms with Crippen molar-refractivity contribution in [3.63, 3.8) is 0 Å². The third-order valence-electron chi connectivity index (χ3n) is 4.58. The van der Waals surface area contributed by atoms with Crippen LogP contribution >= 0.6 is 0 Å². The van der Waals surface area contributed by atoms with Crippen LogP contribution in [0, 0.1) is 0 Å². The second-order valence-corrected chi connectivity index (χ2v) is 6.70. The minimum atomic E-state index is 0.267. The van der Waals surface area contributed by atoms with Crippen molar-refractivity contribution in [1.29, 1.82) is 0 Å². The summed E-state index contributed by atoms with van der Waals surface area (Å²) < 4.78 is 2.10. The first-order chi connectivity index (χ1) is 12.6. The minimum Gasteiger partial charge on any atom is -0.508 e. The van der Waals surface area contributed by atoms with Gasteiger partial charge in [0.25, 0.3) is 0 Å². The first kappa shape index (κ1) is 16.2. The first-order valence-corrected chi connectivity index (χ1v) is 8.74. The van der Waals surface area contributed by atoms with Crippen LogP contribution in [0.2, 0.25) is 0 Å². The Bertz CT molecular complexity index is 1030. The normalized spacial score (nSPS) is 11.2. The van der Waals surface area contributed by atoms with E-state index in [4.69, 9.17) is 0 Å². The van der Waals surface area contributed by atoms with E-state index in [1.54, 1.807) is 18.3 Å². The molecular formula is C22H21N3O. The van der Waals surface area contributed by atoms with E-state index in [9.17, 15) is 5.11 Å². The van der Waals surface area contributed by atoms with Gasteiger partial charge >= 0.3 is 0 Å². The summed E-state index contributed by atoms with van der Waals surface area (Å²) in [5.74, 6) is 1.60. The molecule has 0 atom stereocenters. The maximum absolute atomic E-state index is 9.50. The van der Waals surface area contributed by atoms with Gasteiger partial charge in [0.05, 0.1) is 11.2 Å². The lowest BCUT2D eigenvalue weighted by molar-refractivity contribution is 0.475. The van der Waals surface area contributed by atoms with Gasteiger partial charge in [-0.25, -0.2) is 4.98 Å². The SMILES string of the molecule is CC(C)c1ccc(Nc2nccn3c(-c4ccc(O)cc4)ccc23)cc1. The zero-order valence-electron chi connectivity index (χ0n) is 14.8. The van der Waals surface area contributed by atoms with Gasteiger partial charge in [0.15, 0.2) is 5.82 Å². The smallest absolute Gasteiger partial charge is 0.154 e. The van der Waals surface area contributed by atoms with Crippen molar-refractivity contribution < 1.29 is 5.11 Å². The minimum absolute atomic E-state index is 0.267. The summed E-state index contributed by atoms with van der Waals surface area (Å²) >= 11 is 0. The topological polar surface area (TPSA) is 49.6 Å². The Hall–Kier alpha value is -3.27. The molecule has 0 spiro atoms. The van der Waals surface area contributed by atoms with Crippen LogP contribution in [0.5, 0.6) is 5.75 Å². The van der Waals surface area contributed by atoms with Crippen molar-refractivity contribution in [3.8, 4) is 17.0 Å². The van der Waals surface area contributed by atoms with Gasteiger partial charge in [0.1, 0.15) is 5.75 Å². The van der Waals surface area contributed by atoms with Gasteiger partial charge in [0.2, 0.25) is 0 Å². The Morgan fingerprint density at radius 3 is 2.35 bits per heavy atom. The first-order valence-electron chi connectivity index (χ1n) is 8.74. The van der Waals surface area contributed by atoms with Crippen LogP contribution in [0.25, 0.3) is 16.8 Å². The zero-order chi connectivity index (χ0) is 18.1. The number of benzene rings is 2. The van der Waals surface area contributed by atoms with Crippen LogP contribution < -0.4 is 5.32 Å². The Balaban J connectivity index is 1.69. The molecule has 0 aliphatic carbocycles. The van der Waals surface area contributed by atoms with E-state index in [2.05, 4.69) is 64.9 Å². The lowest BCUT2D eigenvalue weighted by Gasteiger charge is -2.11. The number of nitrogens with zero attached hydrogens (tertiary/aromatic N) is 2. The molecule has 0 saturated carbocycles. The molecule has 4 rings (SSSR count). The number of nitrogens with one attached hydrogen (secondary N) is 1. The standard InChI is InChI=1S/C22H21N3O/c1-15(2)16-3-7-18(8-4-16)24-22-21-12-11-20(25(21)14-13-23-22)17-5-9-19(26)10-6-17/h3-15,26H,1-2H3,(H,23,24). The van der Waals surface area contributed by atoms with Crippen molar-refractivity contribution in [2.75, 3.05) is 5.32 Å². The fourth-order valence-electron chi connectivity index (χ4n) is 3.09. The number of rotatable bonds is 4. The van der Waals surface area contributed by atoms with Gasteiger partial charge in [-0.2, -0.15) is 0 Å². The highest BCUT2D eigenvalue weighted by Gasteiger charge is 2.09. The van der Waals surface area contributed by atoms with E-state index in [-0.39, 0.29) is 5.75 Å². The number of phenols is 1. The molecule has 0 saturated heterocycles. The molecule has 4 heteroatoms. The summed E-state index contributed by atoms with van der Waals surface area (Å²) in [5.41, 5.74) is 5.44. The van der Waals surface area contributed by atoms with Crippen molar-refractivity contribution in [2.45, 2.75) is 19.8 Å². The maximum atomic E-state index is 9.50. The molecule has 4 nitrogen and oxygen atoms in total. The van der Waals surface area contributed by atoms with Crippen LogP contribution in [0.1, 0.15) is 25.3 Å². The number of anilines is 2. The molecule has 0 fully saturated rings. The van der Waals surface area contributed by atoms with Crippen LogP contribution in [0.4, 0.5) is 11.5 Å². The summed E-state index contributed by atoms with van der Waals surface area (Å²) in [6.07, 6.45) is 3.74. The molecule has 0 amide bonds. The summed E-state index contributed by atoms with van der Waals surface area (Å²) in [6.45, 7) is 4.38. The quantitative estimate of drug-likeness (QED) is 0.509. The molecule has 2 heterocycles. The summed E-state index contributed by atoms with van der Waals surface area (Å²) in [6, 6.07) is 19.8. The molecular weight excluding hydrogens is 322 g/mol. The Morgan fingerprint density at radius 1 is 0.923 bits per heavy atom. The van der Waals surface area contributed by atoms with Crippen LogP contribution in [0.3, 0.4) is 0 Å². The van der Waals surface area contributed by atoms with Gasteiger partial charge < -0.3 is 14.8 Å². The molecule has 0 unspecified atom stereocenters. The van der Waals surface area contributed by atoms with Crippen LogP contribution in [0.15, 0.2) is 73.1 Å². The predicted octanol–water partition coefficient (Wildman–Crippen LogP) is 5.57. The second kappa shape index (κ2) is 6.56. The summed E-state index contributed by atoms with van der Waals surface area (Å²) in [4.78, 5) is 4.51. The fourth-order valence-corrected chi connectivity index (χ4v) is 3.09. The number of aromatic nitrogens is 2.